The zero-order chi connectivity index (χ0) is 17.3. The largest absolute Gasteiger partial charge is 0.487 e. The fourth-order valence-electron chi connectivity index (χ4n) is 3.34. The number of benzene rings is 1. The van der Waals surface area contributed by atoms with E-state index in [1.54, 1.807) is 36.2 Å². The van der Waals surface area contributed by atoms with E-state index < -0.39 is 10.0 Å². The molecule has 1 amide bonds. The van der Waals surface area contributed by atoms with Gasteiger partial charge in [-0.2, -0.15) is 4.31 Å². The third-order valence-corrected chi connectivity index (χ3v) is 6.60. The molecule has 0 aromatic heterocycles. The Morgan fingerprint density at radius 1 is 1.29 bits per heavy atom. The highest BCUT2D eigenvalue weighted by atomic mass is 32.2. The van der Waals surface area contributed by atoms with Gasteiger partial charge in [0.15, 0.2) is 0 Å². The second kappa shape index (κ2) is 6.70. The van der Waals surface area contributed by atoms with Crippen molar-refractivity contribution in [3.05, 3.63) is 24.3 Å². The number of likely N-dealkylation sites (N-methyl/N-ethyl adjacent to an activating group) is 1. The van der Waals surface area contributed by atoms with Gasteiger partial charge >= 0.3 is 0 Å². The molecule has 0 aliphatic carbocycles. The third kappa shape index (κ3) is 3.01. The molecule has 1 aromatic carbocycles. The van der Waals surface area contributed by atoms with Gasteiger partial charge in [0.25, 0.3) is 0 Å². The minimum absolute atomic E-state index is 0.0349. The van der Waals surface area contributed by atoms with Crippen molar-refractivity contribution in [2.24, 2.45) is 0 Å². The van der Waals surface area contributed by atoms with Crippen LogP contribution in [0.15, 0.2) is 29.2 Å². The fraction of sp³-hybridized carbons (Fsp3) is 0.562. The van der Waals surface area contributed by atoms with Gasteiger partial charge < -0.3 is 14.4 Å². The van der Waals surface area contributed by atoms with Gasteiger partial charge in [0.1, 0.15) is 23.4 Å². The summed E-state index contributed by atoms with van der Waals surface area (Å²) in [6.07, 6.45) is 0.826. The molecule has 7 nitrogen and oxygen atoms in total. The van der Waals surface area contributed by atoms with E-state index in [0.29, 0.717) is 31.7 Å². The molecule has 24 heavy (non-hydrogen) atoms. The van der Waals surface area contributed by atoms with E-state index in [1.165, 1.54) is 11.4 Å². The Kier molecular flexibility index (Phi) is 4.80. The lowest BCUT2D eigenvalue weighted by Gasteiger charge is -2.28. The Labute approximate surface area is 142 Å². The summed E-state index contributed by atoms with van der Waals surface area (Å²) in [6, 6.07) is 6.41. The SMILES string of the molecule is COCC(=O)N1CC[C@@H]2[C@@H](CC1)Oc1ccccc1S(=O)(=O)N2C. The minimum Gasteiger partial charge on any atom is -0.487 e. The van der Waals surface area contributed by atoms with E-state index in [4.69, 9.17) is 9.47 Å². The molecule has 0 radical (unpaired) electrons. The van der Waals surface area contributed by atoms with Crippen LogP contribution in [0.3, 0.4) is 0 Å². The normalized spacial score (nSPS) is 26.5. The Morgan fingerprint density at radius 2 is 2.00 bits per heavy atom. The van der Waals surface area contributed by atoms with E-state index in [9.17, 15) is 13.2 Å². The van der Waals surface area contributed by atoms with Gasteiger partial charge in [-0.3, -0.25) is 4.79 Å². The van der Waals surface area contributed by atoms with Gasteiger partial charge in [0.2, 0.25) is 15.9 Å². The number of hydrogen-bond donors (Lipinski definition) is 0. The van der Waals surface area contributed by atoms with Crippen LogP contribution < -0.4 is 4.74 Å². The number of carbonyl (C=O) groups excluding carboxylic acids is 1. The number of sulfonamides is 1. The molecular weight excluding hydrogens is 332 g/mol. The number of rotatable bonds is 2. The molecule has 0 unspecified atom stereocenters. The zero-order valence-electron chi connectivity index (χ0n) is 13.8. The zero-order valence-corrected chi connectivity index (χ0v) is 14.7. The van der Waals surface area contributed by atoms with E-state index in [-0.39, 0.29) is 29.6 Å². The van der Waals surface area contributed by atoms with Crippen molar-refractivity contribution in [1.82, 2.24) is 9.21 Å². The standard InChI is InChI=1S/C16H22N2O5S/c1-17-12-7-9-18(16(19)11-22-2)10-8-13(12)23-14-5-3-4-6-15(14)24(17,20)21/h3-6,12-13H,7-11H2,1-2H3/t12-,13-/m1/s1. The minimum atomic E-state index is -3.61. The highest BCUT2D eigenvalue weighted by Gasteiger charge is 2.41. The highest BCUT2D eigenvalue weighted by Crippen LogP contribution is 2.35. The second-order valence-corrected chi connectivity index (χ2v) is 8.05. The van der Waals surface area contributed by atoms with E-state index >= 15 is 0 Å². The summed E-state index contributed by atoms with van der Waals surface area (Å²) < 4.78 is 38.1. The molecule has 1 fully saturated rings. The summed E-state index contributed by atoms with van der Waals surface area (Å²) in [6.45, 7) is 1.05. The number of likely N-dealkylation sites (tertiary alicyclic amines) is 1. The van der Waals surface area contributed by atoms with Gasteiger partial charge in [0.05, 0.1) is 6.04 Å². The quantitative estimate of drug-likeness (QED) is 0.782. The van der Waals surface area contributed by atoms with Gasteiger partial charge in [-0.05, 0) is 18.6 Å². The number of fused-ring (bicyclic) bond motifs is 2. The van der Waals surface area contributed by atoms with Crippen LogP contribution in [0.4, 0.5) is 0 Å². The predicted molar refractivity (Wildman–Crippen MR) is 87.3 cm³/mol. The molecule has 0 N–H and O–H groups in total. The second-order valence-electron chi connectivity index (χ2n) is 6.08. The van der Waals surface area contributed by atoms with Gasteiger partial charge in [-0.15, -0.1) is 0 Å². The predicted octanol–water partition coefficient (Wildman–Crippen LogP) is 0.706. The number of nitrogens with zero attached hydrogens (tertiary/aromatic N) is 2. The summed E-state index contributed by atoms with van der Waals surface area (Å²) in [5.74, 6) is 0.299. The van der Waals surface area contributed by atoms with E-state index in [1.807, 2.05) is 0 Å². The topological polar surface area (TPSA) is 76.1 Å². The molecule has 8 heteroatoms. The molecular formula is C16H22N2O5S. The van der Waals surface area contributed by atoms with Gasteiger partial charge in [-0.1, -0.05) is 12.1 Å². The number of methoxy groups -OCH3 is 1. The van der Waals surface area contributed by atoms with Crippen molar-refractivity contribution in [2.45, 2.75) is 29.9 Å². The first-order chi connectivity index (χ1) is 11.4. The summed E-state index contributed by atoms with van der Waals surface area (Å²) in [7, 11) is -0.537. The first kappa shape index (κ1) is 17.2. The number of para-hydroxylation sites is 1. The molecule has 0 spiro atoms. The maximum absolute atomic E-state index is 12.9. The van der Waals surface area contributed by atoms with Crippen LogP contribution in [-0.2, 0) is 19.6 Å². The average molecular weight is 354 g/mol. The van der Waals surface area contributed by atoms with Crippen LogP contribution in [0.2, 0.25) is 0 Å². The highest BCUT2D eigenvalue weighted by molar-refractivity contribution is 7.89. The third-order valence-electron chi connectivity index (χ3n) is 4.68. The molecule has 1 aromatic rings. The van der Waals surface area contributed by atoms with E-state index in [2.05, 4.69) is 0 Å². The lowest BCUT2D eigenvalue weighted by Crippen LogP contribution is -2.44. The van der Waals surface area contributed by atoms with Gasteiger partial charge in [-0.25, -0.2) is 8.42 Å². The molecule has 2 aliphatic rings. The first-order valence-corrected chi connectivity index (χ1v) is 9.39. The van der Waals surface area contributed by atoms with E-state index in [0.717, 1.165) is 0 Å². The van der Waals surface area contributed by atoms with Crippen LogP contribution in [0.5, 0.6) is 5.75 Å². The molecule has 3 rings (SSSR count). The smallest absolute Gasteiger partial charge is 0.248 e. The molecule has 2 aliphatic heterocycles. The fourth-order valence-corrected chi connectivity index (χ4v) is 4.86. The Balaban J connectivity index is 1.90. The maximum Gasteiger partial charge on any atom is 0.248 e. The molecule has 132 valence electrons. The summed E-state index contributed by atoms with van der Waals surface area (Å²) in [5, 5.41) is 0. The monoisotopic (exact) mass is 354 g/mol. The lowest BCUT2D eigenvalue weighted by molar-refractivity contribution is -0.135. The van der Waals surface area contributed by atoms with Crippen molar-refractivity contribution in [3.63, 3.8) is 0 Å². The van der Waals surface area contributed by atoms with Crippen LogP contribution in [0, 0.1) is 0 Å². The van der Waals surface area contributed by atoms with Crippen molar-refractivity contribution >= 4 is 15.9 Å². The molecule has 2 heterocycles. The van der Waals surface area contributed by atoms with Gasteiger partial charge in [0, 0.05) is 33.7 Å². The molecule has 1 saturated heterocycles. The van der Waals surface area contributed by atoms with Crippen molar-refractivity contribution in [3.8, 4) is 5.75 Å². The van der Waals surface area contributed by atoms with Crippen LogP contribution >= 0.6 is 0 Å². The molecule has 0 saturated carbocycles. The van der Waals surface area contributed by atoms with Crippen LogP contribution in [0.1, 0.15) is 12.8 Å². The summed E-state index contributed by atoms with van der Waals surface area (Å²) in [4.78, 5) is 14.0. The Hall–Kier alpha value is -1.64. The first-order valence-electron chi connectivity index (χ1n) is 7.95. The molecule has 2 atom stereocenters. The lowest BCUT2D eigenvalue weighted by atomic mass is 10.1. The summed E-state index contributed by atoms with van der Waals surface area (Å²) >= 11 is 0. The number of carbonyl (C=O) groups is 1. The van der Waals surface area contributed by atoms with Crippen LogP contribution in [-0.4, -0.2) is 69.5 Å². The van der Waals surface area contributed by atoms with Crippen molar-refractivity contribution < 1.29 is 22.7 Å². The Morgan fingerprint density at radius 3 is 2.75 bits per heavy atom. The van der Waals surface area contributed by atoms with Crippen molar-refractivity contribution in [2.75, 3.05) is 33.9 Å². The average Bonchev–Trinajstić information content (AvgIpc) is 2.80. The molecule has 0 bridgehead atoms. The Bertz CT molecular complexity index is 721. The number of amides is 1. The van der Waals surface area contributed by atoms with Crippen LogP contribution in [0.25, 0.3) is 0 Å². The number of hydrogen-bond acceptors (Lipinski definition) is 5. The maximum atomic E-state index is 12.9. The van der Waals surface area contributed by atoms with Crippen molar-refractivity contribution in [1.29, 1.82) is 0 Å². The summed E-state index contributed by atoms with van der Waals surface area (Å²) in [5.41, 5.74) is 0. The number of ether oxygens (including phenoxy) is 2.